The number of aromatic nitrogens is 2. The van der Waals surface area contributed by atoms with Crippen molar-refractivity contribution >= 4 is 16.1 Å². The SMILES string of the molecule is CC1(OC(=O)N2CC3COCC(C2)C3Oc2ncnc(OC3CCN(S(=O)(=O)C4CCCC4)CC3)c2F)CC1. The van der Waals surface area contributed by atoms with E-state index in [1.165, 1.54) is 6.33 Å². The molecule has 1 aromatic rings. The van der Waals surface area contributed by atoms with Gasteiger partial charge in [0.15, 0.2) is 0 Å². The second-order valence-corrected chi connectivity index (χ2v) is 14.0. The van der Waals surface area contributed by atoms with Gasteiger partial charge >= 0.3 is 6.09 Å². The molecule has 0 N–H and O–H groups in total. The Labute approximate surface area is 228 Å². The molecule has 1 amide bonds. The first-order valence-electron chi connectivity index (χ1n) is 14.1. The largest absolute Gasteiger partial charge is 0.472 e. The summed E-state index contributed by atoms with van der Waals surface area (Å²) in [5.41, 5.74) is -0.350. The molecule has 2 saturated carbocycles. The van der Waals surface area contributed by atoms with E-state index in [0.717, 1.165) is 38.5 Å². The van der Waals surface area contributed by atoms with Crippen molar-refractivity contribution in [3.8, 4) is 11.8 Å². The van der Waals surface area contributed by atoms with Gasteiger partial charge in [0.2, 0.25) is 15.8 Å². The topological polar surface area (TPSA) is 120 Å². The average molecular weight is 569 g/mol. The summed E-state index contributed by atoms with van der Waals surface area (Å²) in [5.74, 6) is -1.47. The summed E-state index contributed by atoms with van der Waals surface area (Å²) >= 11 is 0. The zero-order valence-corrected chi connectivity index (χ0v) is 23.1. The van der Waals surface area contributed by atoms with Gasteiger partial charge in [-0.2, -0.15) is 14.4 Å². The highest BCUT2D eigenvalue weighted by molar-refractivity contribution is 7.89. The van der Waals surface area contributed by atoms with Crippen LogP contribution in [0.5, 0.6) is 11.8 Å². The molecule has 39 heavy (non-hydrogen) atoms. The number of ether oxygens (including phenoxy) is 4. The van der Waals surface area contributed by atoms with E-state index < -0.39 is 15.8 Å². The molecule has 2 atom stereocenters. The van der Waals surface area contributed by atoms with Crippen LogP contribution in [0.2, 0.25) is 0 Å². The monoisotopic (exact) mass is 568 g/mol. The van der Waals surface area contributed by atoms with E-state index in [0.29, 0.717) is 52.2 Å². The molecular formula is C26H37FN4O7S. The minimum Gasteiger partial charge on any atom is -0.472 e. The molecule has 2 unspecified atom stereocenters. The number of rotatable bonds is 7. The lowest BCUT2D eigenvalue weighted by Gasteiger charge is -2.46. The number of carbonyl (C=O) groups is 1. The molecule has 1 aromatic heterocycles. The number of likely N-dealkylation sites (tertiary alicyclic amines) is 1. The van der Waals surface area contributed by atoms with Crippen molar-refractivity contribution in [1.29, 1.82) is 0 Å². The maximum Gasteiger partial charge on any atom is 0.410 e. The lowest BCUT2D eigenvalue weighted by Crippen LogP contribution is -2.59. The number of hydrogen-bond donors (Lipinski definition) is 0. The van der Waals surface area contributed by atoms with Crippen LogP contribution in [0.4, 0.5) is 9.18 Å². The molecule has 13 heteroatoms. The molecule has 4 heterocycles. The third-order valence-electron chi connectivity index (χ3n) is 8.78. The van der Waals surface area contributed by atoms with Gasteiger partial charge in [0.05, 0.1) is 18.5 Å². The third kappa shape index (κ3) is 5.67. The summed E-state index contributed by atoms with van der Waals surface area (Å²) in [6.45, 7) is 4.21. The maximum atomic E-state index is 15.4. The number of halogens is 1. The Kier molecular flexibility index (Phi) is 7.34. The van der Waals surface area contributed by atoms with Crippen LogP contribution < -0.4 is 9.47 Å². The van der Waals surface area contributed by atoms with E-state index in [9.17, 15) is 13.2 Å². The number of sulfonamides is 1. The van der Waals surface area contributed by atoms with Crippen molar-refractivity contribution in [2.45, 2.75) is 81.3 Å². The molecule has 5 aliphatic rings. The lowest BCUT2D eigenvalue weighted by atomic mass is 9.84. The van der Waals surface area contributed by atoms with Crippen molar-refractivity contribution in [2.24, 2.45) is 11.8 Å². The van der Waals surface area contributed by atoms with E-state index in [1.807, 2.05) is 6.92 Å². The van der Waals surface area contributed by atoms with Gasteiger partial charge in [0.1, 0.15) is 24.1 Å². The molecule has 6 rings (SSSR count). The van der Waals surface area contributed by atoms with Crippen molar-refractivity contribution in [1.82, 2.24) is 19.2 Å². The Morgan fingerprint density at radius 2 is 1.64 bits per heavy atom. The van der Waals surface area contributed by atoms with Gasteiger partial charge in [-0.25, -0.2) is 17.5 Å². The number of amides is 1. The predicted molar refractivity (Wildman–Crippen MR) is 136 cm³/mol. The van der Waals surface area contributed by atoms with Gasteiger partial charge in [0, 0.05) is 38.0 Å². The van der Waals surface area contributed by atoms with Crippen LogP contribution in [-0.4, -0.2) is 96.1 Å². The van der Waals surface area contributed by atoms with Gasteiger partial charge in [-0.3, -0.25) is 0 Å². The molecular weight excluding hydrogens is 531 g/mol. The summed E-state index contributed by atoms with van der Waals surface area (Å²) in [7, 11) is -3.30. The summed E-state index contributed by atoms with van der Waals surface area (Å²) in [4.78, 5) is 22.4. The van der Waals surface area contributed by atoms with Crippen molar-refractivity contribution in [3.63, 3.8) is 0 Å². The predicted octanol–water partition coefficient (Wildman–Crippen LogP) is 2.75. The first-order chi connectivity index (χ1) is 18.7. The van der Waals surface area contributed by atoms with Crippen molar-refractivity contribution in [2.75, 3.05) is 39.4 Å². The molecule has 3 saturated heterocycles. The highest BCUT2D eigenvalue weighted by Gasteiger charge is 2.47. The zero-order valence-electron chi connectivity index (χ0n) is 22.3. The Morgan fingerprint density at radius 3 is 2.26 bits per heavy atom. The van der Waals surface area contributed by atoms with Crippen LogP contribution in [-0.2, 0) is 19.5 Å². The first kappa shape index (κ1) is 26.9. The van der Waals surface area contributed by atoms with Crippen LogP contribution in [0.15, 0.2) is 6.33 Å². The molecule has 2 aliphatic carbocycles. The van der Waals surface area contributed by atoms with Crippen LogP contribution >= 0.6 is 0 Å². The molecule has 11 nitrogen and oxygen atoms in total. The second-order valence-electron chi connectivity index (χ2n) is 11.8. The summed E-state index contributed by atoms with van der Waals surface area (Å²) in [6.07, 6.45) is 6.21. The van der Waals surface area contributed by atoms with Crippen LogP contribution in [0.25, 0.3) is 0 Å². The zero-order chi connectivity index (χ0) is 27.2. The Morgan fingerprint density at radius 1 is 1.03 bits per heavy atom. The fourth-order valence-electron chi connectivity index (χ4n) is 6.19. The third-order valence-corrected chi connectivity index (χ3v) is 11.2. The average Bonchev–Trinajstić information content (AvgIpc) is 3.36. The fraction of sp³-hybridized carbons (Fsp3) is 0.808. The van der Waals surface area contributed by atoms with Crippen LogP contribution in [0.1, 0.15) is 58.3 Å². The van der Waals surface area contributed by atoms with Gasteiger partial charge in [0.25, 0.3) is 11.8 Å². The molecule has 0 spiro atoms. The van der Waals surface area contributed by atoms with Gasteiger partial charge in [-0.15, -0.1) is 0 Å². The minimum atomic E-state index is -3.30. The van der Waals surface area contributed by atoms with Crippen molar-refractivity contribution < 1.29 is 36.6 Å². The molecule has 0 radical (unpaired) electrons. The first-order valence-corrected chi connectivity index (χ1v) is 15.6. The quantitative estimate of drug-likeness (QED) is 0.489. The molecule has 5 fully saturated rings. The highest BCUT2D eigenvalue weighted by atomic mass is 32.2. The standard InChI is InChI=1S/C26H37FN4O7S/c1-26(8-9-26)38-25(32)30-12-17-14-35-15-18(13-30)22(17)37-24-21(27)23(28-16-29-24)36-19-6-10-31(11-7-19)39(33,34)20-4-2-3-5-20/h16-20,22H,2-15H2,1H3. The second kappa shape index (κ2) is 10.6. The maximum absolute atomic E-state index is 15.4. The highest BCUT2D eigenvalue weighted by Crippen LogP contribution is 2.40. The summed E-state index contributed by atoms with van der Waals surface area (Å²) < 4.78 is 66.1. The molecule has 0 aromatic carbocycles. The van der Waals surface area contributed by atoms with E-state index in [1.54, 1.807) is 9.21 Å². The van der Waals surface area contributed by atoms with Gasteiger partial charge in [-0.05, 0) is 45.4 Å². The number of carbonyl (C=O) groups excluding carboxylic acids is 1. The van der Waals surface area contributed by atoms with Gasteiger partial charge in [-0.1, -0.05) is 12.8 Å². The van der Waals surface area contributed by atoms with E-state index in [4.69, 9.17) is 18.9 Å². The summed E-state index contributed by atoms with van der Waals surface area (Å²) in [6, 6.07) is 0. The Hall–Kier alpha value is -2.25. The summed E-state index contributed by atoms with van der Waals surface area (Å²) in [5, 5.41) is -0.280. The molecule has 2 bridgehead atoms. The molecule has 216 valence electrons. The van der Waals surface area contributed by atoms with E-state index >= 15 is 4.39 Å². The molecule has 3 aliphatic heterocycles. The number of hydrogen-bond acceptors (Lipinski definition) is 9. The number of nitrogens with zero attached hydrogens (tertiary/aromatic N) is 4. The Bertz CT molecular complexity index is 1150. The van der Waals surface area contributed by atoms with E-state index in [-0.39, 0.29) is 52.7 Å². The van der Waals surface area contributed by atoms with Crippen LogP contribution in [0, 0.1) is 17.7 Å². The van der Waals surface area contributed by atoms with Crippen LogP contribution in [0.3, 0.4) is 0 Å². The Balaban J connectivity index is 1.06. The van der Waals surface area contributed by atoms with Crippen molar-refractivity contribution in [3.05, 3.63) is 12.1 Å². The smallest absolute Gasteiger partial charge is 0.410 e. The normalized spacial score (nSPS) is 29.7. The van der Waals surface area contributed by atoms with Gasteiger partial charge < -0.3 is 23.8 Å². The minimum absolute atomic E-state index is 0.151. The number of piperidine rings is 2. The lowest BCUT2D eigenvalue weighted by molar-refractivity contribution is -0.112. The fourth-order valence-corrected chi connectivity index (χ4v) is 8.26. The number of fused-ring (bicyclic) bond motifs is 2. The van der Waals surface area contributed by atoms with E-state index in [2.05, 4.69) is 9.97 Å².